The molecule has 7 nitrogen and oxygen atoms in total. The second kappa shape index (κ2) is 15.1. The summed E-state index contributed by atoms with van der Waals surface area (Å²) >= 11 is 12.5. The molecule has 45 heavy (non-hydrogen) atoms. The molecule has 0 radical (unpaired) electrons. The number of sulfonamides is 1. The lowest BCUT2D eigenvalue weighted by Crippen LogP contribution is -2.50. The van der Waals surface area contributed by atoms with Gasteiger partial charge in [0, 0.05) is 42.0 Å². The molecule has 0 saturated heterocycles. The van der Waals surface area contributed by atoms with E-state index in [0.717, 1.165) is 35.1 Å². The van der Waals surface area contributed by atoms with Crippen LogP contribution in [0.15, 0.2) is 108 Å². The van der Waals surface area contributed by atoms with E-state index in [1.165, 1.54) is 0 Å². The molecule has 1 unspecified atom stereocenters. The van der Waals surface area contributed by atoms with Gasteiger partial charge in [0.25, 0.3) is 0 Å². The zero-order valence-corrected chi connectivity index (χ0v) is 27.0. The molecule has 2 amide bonds. The second-order valence-electron chi connectivity index (χ2n) is 11.2. The minimum atomic E-state index is -3.56. The number of halogens is 2. The van der Waals surface area contributed by atoms with Crippen molar-refractivity contribution in [1.29, 1.82) is 0 Å². The summed E-state index contributed by atoms with van der Waals surface area (Å²) in [4.78, 5) is 29.7. The molecule has 0 aromatic heterocycles. The lowest BCUT2D eigenvalue weighted by atomic mass is 10.0. The van der Waals surface area contributed by atoms with E-state index in [0.29, 0.717) is 22.9 Å². The summed E-state index contributed by atoms with van der Waals surface area (Å²) in [6.45, 7) is 0.425. The molecule has 1 fully saturated rings. The molecular weight excluding hydrogens is 629 g/mol. The van der Waals surface area contributed by atoms with E-state index >= 15 is 0 Å². The molecule has 1 saturated carbocycles. The van der Waals surface area contributed by atoms with E-state index in [9.17, 15) is 18.0 Å². The first kappa shape index (κ1) is 32.7. The maximum Gasteiger partial charge on any atom is 0.243 e. The van der Waals surface area contributed by atoms with Gasteiger partial charge in [0.2, 0.25) is 21.8 Å². The Kier molecular flexibility index (Phi) is 10.9. The van der Waals surface area contributed by atoms with Crippen molar-refractivity contribution in [3.63, 3.8) is 0 Å². The van der Waals surface area contributed by atoms with Crippen molar-refractivity contribution in [3.8, 4) is 0 Å². The highest BCUT2D eigenvalue weighted by Gasteiger charge is 2.31. The van der Waals surface area contributed by atoms with Gasteiger partial charge >= 0.3 is 0 Å². The van der Waals surface area contributed by atoms with Crippen LogP contribution in [0.2, 0.25) is 10.0 Å². The van der Waals surface area contributed by atoms with Crippen LogP contribution in [0.4, 0.5) is 0 Å². The first-order valence-corrected chi connectivity index (χ1v) is 17.1. The van der Waals surface area contributed by atoms with Crippen LogP contribution in [0.5, 0.6) is 0 Å². The standard InChI is InChI=1S/C35H35Cl2N3O4S/c36-29-15-10-27(11-16-29)24-40(34(41)21-14-25-12-19-31(20-13-25)45(43,44)39-30-17-18-30)33(22-26-6-2-1-3-7-26)35(42)38-23-28-8-4-5-9-32(28)37/h1-13,15-16,19-20,30,33,39H,14,17-18,21-24H2,(H,38,42). The molecule has 1 atom stereocenters. The Balaban J connectivity index is 1.37. The fourth-order valence-corrected chi connectivity index (χ4v) is 6.63. The molecular formula is C35H35Cl2N3O4S. The van der Waals surface area contributed by atoms with Gasteiger partial charge in [-0.25, -0.2) is 13.1 Å². The van der Waals surface area contributed by atoms with E-state index in [1.807, 2.05) is 60.7 Å². The van der Waals surface area contributed by atoms with Crippen LogP contribution in [0.1, 0.15) is 41.5 Å². The second-order valence-corrected chi connectivity index (χ2v) is 13.8. The summed E-state index contributed by atoms with van der Waals surface area (Å²) in [5.41, 5.74) is 3.35. The molecule has 234 valence electrons. The smallest absolute Gasteiger partial charge is 0.243 e. The molecule has 0 bridgehead atoms. The van der Waals surface area contributed by atoms with Crippen LogP contribution in [-0.4, -0.2) is 37.2 Å². The summed E-state index contributed by atoms with van der Waals surface area (Å²) < 4.78 is 27.8. The van der Waals surface area contributed by atoms with Crippen LogP contribution >= 0.6 is 23.2 Å². The number of amides is 2. The molecule has 5 rings (SSSR count). The van der Waals surface area contributed by atoms with Gasteiger partial charge in [-0.15, -0.1) is 0 Å². The van der Waals surface area contributed by atoms with Gasteiger partial charge in [0.15, 0.2) is 0 Å². The van der Waals surface area contributed by atoms with Crippen molar-refractivity contribution in [1.82, 2.24) is 14.9 Å². The van der Waals surface area contributed by atoms with Crippen LogP contribution < -0.4 is 10.0 Å². The number of nitrogens with zero attached hydrogens (tertiary/aromatic N) is 1. The van der Waals surface area contributed by atoms with Crippen LogP contribution in [-0.2, 0) is 45.5 Å². The van der Waals surface area contributed by atoms with Crippen molar-refractivity contribution < 1.29 is 18.0 Å². The van der Waals surface area contributed by atoms with Crippen molar-refractivity contribution in [2.45, 2.75) is 62.2 Å². The maximum atomic E-state index is 14.0. The Bertz CT molecular complexity index is 1710. The van der Waals surface area contributed by atoms with Crippen molar-refractivity contribution in [3.05, 3.63) is 135 Å². The lowest BCUT2D eigenvalue weighted by Gasteiger charge is -2.32. The fourth-order valence-electron chi connectivity index (χ4n) is 5.00. The van der Waals surface area contributed by atoms with E-state index in [1.54, 1.807) is 47.4 Å². The summed E-state index contributed by atoms with van der Waals surface area (Å²) in [6.07, 6.45) is 2.54. The van der Waals surface area contributed by atoms with Crippen molar-refractivity contribution in [2.24, 2.45) is 0 Å². The van der Waals surface area contributed by atoms with Gasteiger partial charge in [-0.2, -0.15) is 0 Å². The fraction of sp³-hybridized carbons (Fsp3) is 0.257. The third-order valence-electron chi connectivity index (χ3n) is 7.71. The average Bonchev–Trinajstić information content (AvgIpc) is 3.86. The Morgan fingerprint density at radius 1 is 0.800 bits per heavy atom. The Morgan fingerprint density at radius 3 is 2.11 bits per heavy atom. The number of rotatable bonds is 14. The molecule has 0 spiro atoms. The van der Waals surface area contributed by atoms with Gasteiger partial charge < -0.3 is 10.2 Å². The zero-order valence-electron chi connectivity index (χ0n) is 24.7. The van der Waals surface area contributed by atoms with Gasteiger partial charge in [0.05, 0.1) is 4.90 Å². The average molecular weight is 665 g/mol. The largest absolute Gasteiger partial charge is 0.350 e. The first-order chi connectivity index (χ1) is 21.7. The number of benzene rings is 4. The molecule has 10 heteroatoms. The van der Waals surface area contributed by atoms with E-state index in [-0.39, 0.29) is 42.3 Å². The van der Waals surface area contributed by atoms with Crippen LogP contribution in [0, 0.1) is 0 Å². The molecule has 4 aromatic rings. The number of carbonyl (C=O) groups excluding carboxylic acids is 2. The SMILES string of the molecule is O=C(NCc1ccccc1Cl)C(Cc1ccccc1)N(Cc1ccc(Cl)cc1)C(=O)CCc1ccc(S(=O)(=O)NC2CC2)cc1. The van der Waals surface area contributed by atoms with Crippen molar-refractivity contribution >= 4 is 45.0 Å². The molecule has 0 heterocycles. The number of carbonyl (C=O) groups is 2. The van der Waals surface area contributed by atoms with E-state index in [2.05, 4.69) is 10.0 Å². The highest BCUT2D eigenvalue weighted by Crippen LogP contribution is 2.23. The molecule has 0 aliphatic heterocycles. The maximum absolute atomic E-state index is 14.0. The van der Waals surface area contributed by atoms with Crippen LogP contribution in [0.3, 0.4) is 0 Å². The number of aryl methyl sites for hydroxylation is 1. The molecule has 1 aliphatic carbocycles. The third-order valence-corrected chi connectivity index (χ3v) is 9.87. The predicted octanol–water partition coefficient (Wildman–Crippen LogP) is 6.32. The summed E-state index contributed by atoms with van der Waals surface area (Å²) in [6, 6.07) is 29.9. The molecule has 2 N–H and O–H groups in total. The van der Waals surface area contributed by atoms with Crippen LogP contribution in [0.25, 0.3) is 0 Å². The van der Waals surface area contributed by atoms with Gasteiger partial charge in [-0.3, -0.25) is 9.59 Å². The minimum Gasteiger partial charge on any atom is -0.350 e. The Labute approximate surface area is 274 Å². The topological polar surface area (TPSA) is 95.6 Å². The zero-order chi connectivity index (χ0) is 31.8. The molecule has 1 aliphatic rings. The summed E-state index contributed by atoms with van der Waals surface area (Å²) in [7, 11) is -3.56. The monoisotopic (exact) mass is 663 g/mol. The number of hydrogen-bond acceptors (Lipinski definition) is 4. The third kappa shape index (κ3) is 9.41. The number of hydrogen-bond donors (Lipinski definition) is 2. The Morgan fingerprint density at radius 2 is 1.44 bits per heavy atom. The highest BCUT2D eigenvalue weighted by atomic mass is 35.5. The summed E-state index contributed by atoms with van der Waals surface area (Å²) in [5, 5.41) is 4.13. The normalized spacial score (nSPS) is 13.6. The van der Waals surface area contributed by atoms with Gasteiger partial charge in [-0.1, -0.05) is 96.0 Å². The van der Waals surface area contributed by atoms with E-state index in [4.69, 9.17) is 23.2 Å². The quantitative estimate of drug-likeness (QED) is 0.165. The molecule has 4 aromatic carbocycles. The van der Waals surface area contributed by atoms with Crippen molar-refractivity contribution in [2.75, 3.05) is 0 Å². The van der Waals surface area contributed by atoms with Gasteiger partial charge in [0.1, 0.15) is 6.04 Å². The number of nitrogens with one attached hydrogen (secondary N) is 2. The highest BCUT2D eigenvalue weighted by molar-refractivity contribution is 7.89. The lowest BCUT2D eigenvalue weighted by molar-refractivity contribution is -0.141. The Hall–Kier alpha value is -3.69. The first-order valence-electron chi connectivity index (χ1n) is 14.9. The summed E-state index contributed by atoms with van der Waals surface area (Å²) in [5.74, 6) is -0.496. The minimum absolute atomic E-state index is 0.0182. The predicted molar refractivity (Wildman–Crippen MR) is 177 cm³/mol. The van der Waals surface area contributed by atoms with Gasteiger partial charge in [-0.05, 0) is 71.8 Å². The van der Waals surface area contributed by atoms with E-state index < -0.39 is 16.1 Å².